The number of hydrogen-bond donors (Lipinski definition) is 2. The summed E-state index contributed by atoms with van der Waals surface area (Å²) in [7, 11) is 0. The van der Waals surface area contributed by atoms with Gasteiger partial charge in [0, 0.05) is 23.3 Å². The van der Waals surface area contributed by atoms with Gasteiger partial charge in [-0.15, -0.1) is 0 Å². The molecule has 3 aromatic rings. The molecule has 0 amide bonds. The monoisotopic (exact) mass is 271 g/mol. The lowest BCUT2D eigenvalue weighted by Crippen LogP contribution is -1.97. The Morgan fingerprint density at radius 3 is 2.60 bits per heavy atom. The van der Waals surface area contributed by atoms with Crippen molar-refractivity contribution in [3.05, 3.63) is 60.3 Å². The molecule has 0 bridgehead atoms. The summed E-state index contributed by atoms with van der Waals surface area (Å²) in [6.07, 6.45) is 1.64. The van der Waals surface area contributed by atoms with Crippen molar-refractivity contribution in [1.82, 2.24) is 4.98 Å². The maximum Gasteiger partial charge on any atom is 0.149 e. The third kappa shape index (κ3) is 2.14. The van der Waals surface area contributed by atoms with Crippen molar-refractivity contribution < 1.29 is 8.78 Å². The summed E-state index contributed by atoms with van der Waals surface area (Å²) < 4.78 is 26.6. The first-order chi connectivity index (χ1) is 9.65. The number of rotatable bonds is 2. The zero-order valence-electron chi connectivity index (χ0n) is 10.4. The van der Waals surface area contributed by atoms with Crippen molar-refractivity contribution in [3.63, 3.8) is 0 Å². The molecule has 0 aliphatic heterocycles. The number of nitrogens with two attached hydrogens (primary N) is 1. The van der Waals surface area contributed by atoms with Gasteiger partial charge in [0.25, 0.3) is 0 Å². The maximum atomic E-state index is 13.7. The van der Waals surface area contributed by atoms with Crippen LogP contribution < -0.4 is 11.1 Å². The average molecular weight is 271 g/mol. The van der Waals surface area contributed by atoms with Crippen LogP contribution in [0.15, 0.2) is 48.7 Å². The van der Waals surface area contributed by atoms with Crippen molar-refractivity contribution in [2.45, 2.75) is 0 Å². The highest BCUT2D eigenvalue weighted by molar-refractivity contribution is 5.99. The van der Waals surface area contributed by atoms with Crippen molar-refractivity contribution in [2.24, 2.45) is 0 Å². The highest BCUT2D eigenvalue weighted by Crippen LogP contribution is 2.29. The van der Waals surface area contributed by atoms with Crippen LogP contribution in [-0.2, 0) is 0 Å². The minimum atomic E-state index is -0.654. The normalized spacial score (nSPS) is 10.7. The average Bonchev–Trinajstić information content (AvgIpc) is 2.45. The largest absolute Gasteiger partial charge is 0.397 e. The van der Waals surface area contributed by atoms with Crippen LogP contribution in [0.4, 0.5) is 25.8 Å². The molecule has 0 fully saturated rings. The Balaban J connectivity index is 2.09. The summed E-state index contributed by atoms with van der Waals surface area (Å²) in [5.41, 5.74) is 7.90. The van der Waals surface area contributed by atoms with Crippen molar-refractivity contribution in [2.75, 3.05) is 11.1 Å². The second-order valence-electron chi connectivity index (χ2n) is 4.35. The van der Waals surface area contributed by atoms with Gasteiger partial charge >= 0.3 is 0 Å². The summed E-state index contributed by atoms with van der Waals surface area (Å²) in [5, 5.41) is 3.71. The molecule has 1 aromatic heterocycles. The van der Waals surface area contributed by atoms with E-state index >= 15 is 0 Å². The van der Waals surface area contributed by atoms with E-state index < -0.39 is 11.6 Å². The third-order valence-electron chi connectivity index (χ3n) is 3.00. The van der Waals surface area contributed by atoms with Gasteiger partial charge in [-0.1, -0.05) is 0 Å². The molecular formula is C15H11F2N3. The molecule has 0 spiro atoms. The first kappa shape index (κ1) is 12.3. The number of halogens is 2. The number of benzene rings is 2. The van der Waals surface area contributed by atoms with Gasteiger partial charge in [-0.25, -0.2) is 8.78 Å². The molecule has 0 unspecified atom stereocenters. The van der Waals surface area contributed by atoms with E-state index in [-0.39, 0.29) is 5.69 Å². The Morgan fingerprint density at radius 2 is 1.80 bits per heavy atom. The molecule has 3 rings (SSSR count). The van der Waals surface area contributed by atoms with Gasteiger partial charge in [-0.3, -0.25) is 4.98 Å². The minimum Gasteiger partial charge on any atom is -0.397 e. The number of pyridine rings is 1. The predicted molar refractivity (Wildman–Crippen MR) is 75.8 cm³/mol. The molecule has 0 saturated carbocycles. The molecule has 2 aromatic carbocycles. The maximum absolute atomic E-state index is 13.7. The molecule has 20 heavy (non-hydrogen) atoms. The fourth-order valence-electron chi connectivity index (χ4n) is 2.04. The van der Waals surface area contributed by atoms with Gasteiger partial charge in [0.1, 0.15) is 11.6 Å². The van der Waals surface area contributed by atoms with Gasteiger partial charge in [0.2, 0.25) is 0 Å². The quantitative estimate of drug-likeness (QED) is 0.696. The fourth-order valence-corrected chi connectivity index (χ4v) is 2.04. The summed E-state index contributed by atoms with van der Waals surface area (Å²) >= 11 is 0. The molecule has 100 valence electrons. The Morgan fingerprint density at radius 1 is 1.00 bits per heavy atom. The van der Waals surface area contributed by atoms with Gasteiger partial charge in [0.05, 0.1) is 16.9 Å². The summed E-state index contributed by atoms with van der Waals surface area (Å²) in [4.78, 5) is 4.20. The lowest BCUT2D eigenvalue weighted by atomic mass is 10.1. The van der Waals surface area contributed by atoms with E-state index in [9.17, 15) is 8.78 Å². The number of hydrogen-bond acceptors (Lipinski definition) is 3. The van der Waals surface area contributed by atoms with E-state index in [4.69, 9.17) is 5.73 Å². The minimum absolute atomic E-state index is 0.196. The van der Waals surface area contributed by atoms with E-state index in [0.29, 0.717) is 16.9 Å². The van der Waals surface area contributed by atoms with Crippen LogP contribution >= 0.6 is 0 Å². The second kappa shape index (κ2) is 4.77. The van der Waals surface area contributed by atoms with Crippen LogP contribution in [0.3, 0.4) is 0 Å². The Labute approximate surface area is 114 Å². The number of nitrogens with zero attached hydrogens (tertiary/aromatic N) is 1. The van der Waals surface area contributed by atoms with E-state index in [2.05, 4.69) is 10.3 Å². The zero-order chi connectivity index (χ0) is 14.1. The van der Waals surface area contributed by atoms with Crippen LogP contribution in [-0.4, -0.2) is 4.98 Å². The molecule has 3 N–H and O–H groups in total. The smallest absolute Gasteiger partial charge is 0.149 e. The highest BCUT2D eigenvalue weighted by atomic mass is 19.1. The second-order valence-corrected chi connectivity index (χ2v) is 4.35. The topological polar surface area (TPSA) is 50.9 Å². The predicted octanol–water partition coefficient (Wildman–Crippen LogP) is 3.84. The van der Waals surface area contributed by atoms with Crippen molar-refractivity contribution in [1.29, 1.82) is 0 Å². The Hall–Kier alpha value is -2.69. The summed E-state index contributed by atoms with van der Waals surface area (Å²) in [6.45, 7) is 0. The van der Waals surface area contributed by atoms with Gasteiger partial charge in [-0.2, -0.15) is 0 Å². The molecule has 0 radical (unpaired) electrons. The van der Waals surface area contributed by atoms with Gasteiger partial charge in [0.15, 0.2) is 0 Å². The summed E-state index contributed by atoms with van der Waals surface area (Å²) in [5.74, 6) is -1.27. The van der Waals surface area contributed by atoms with Gasteiger partial charge < -0.3 is 11.1 Å². The molecule has 0 aliphatic carbocycles. The van der Waals surface area contributed by atoms with Crippen LogP contribution in [0, 0.1) is 11.6 Å². The van der Waals surface area contributed by atoms with Gasteiger partial charge in [-0.05, 0) is 36.4 Å². The van der Waals surface area contributed by atoms with Crippen LogP contribution in [0.5, 0.6) is 0 Å². The molecule has 0 atom stereocenters. The molecule has 5 heteroatoms. The lowest BCUT2D eigenvalue weighted by molar-refractivity contribution is 0.586. The molecule has 0 aliphatic rings. The van der Waals surface area contributed by atoms with Crippen LogP contribution in [0.1, 0.15) is 0 Å². The van der Waals surface area contributed by atoms with Crippen LogP contribution in [0.2, 0.25) is 0 Å². The Bertz CT molecular complexity index is 787. The SMILES string of the molecule is Nc1ccc(Nc2ccc(F)cc2F)c2cccnc12. The number of nitrogens with one attached hydrogen (secondary N) is 1. The van der Waals surface area contributed by atoms with Crippen LogP contribution in [0.25, 0.3) is 10.9 Å². The molecular weight excluding hydrogens is 260 g/mol. The zero-order valence-corrected chi connectivity index (χ0v) is 10.4. The number of aromatic nitrogens is 1. The van der Waals surface area contributed by atoms with E-state index in [1.165, 1.54) is 12.1 Å². The fraction of sp³-hybridized carbons (Fsp3) is 0. The molecule has 1 heterocycles. The van der Waals surface area contributed by atoms with E-state index in [1.807, 2.05) is 6.07 Å². The number of anilines is 3. The first-order valence-corrected chi connectivity index (χ1v) is 6.00. The number of fused-ring (bicyclic) bond motifs is 1. The molecule has 0 saturated heterocycles. The summed E-state index contributed by atoms with van der Waals surface area (Å²) in [6, 6.07) is 10.4. The van der Waals surface area contributed by atoms with E-state index in [1.54, 1.807) is 24.4 Å². The van der Waals surface area contributed by atoms with Crippen molar-refractivity contribution in [3.8, 4) is 0 Å². The third-order valence-corrected chi connectivity index (χ3v) is 3.00. The number of nitrogen functional groups attached to an aromatic ring is 1. The standard InChI is InChI=1S/C15H11F2N3/c16-9-3-5-14(11(17)8-9)20-13-6-4-12(18)15-10(13)2-1-7-19-15/h1-8,20H,18H2. The lowest BCUT2D eigenvalue weighted by Gasteiger charge is -2.11. The highest BCUT2D eigenvalue weighted by Gasteiger charge is 2.08. The van der Waals surface area contributed by atoms with E-state index in [0.717, 1.165) is 11.5 Å². The molecule has 3 nitrogen and oxygen atoms in total. The first-order valence-electron chi connectivity index (χ1n) is 6.00. The van der Waals surface area contributed by atoms with Crippen molar-refractivity contribution >= 4 is 28.0 Å². The Kier molecular flexibility index (Phi) is 2.95.